The van der Waals surface area contributed by atoms with Crippen LogP contribution in [0.2, 0.25) is 0 Å². The van der Waals surface area contributed by atoms with Gasteiger partial charge in [-0.05, 0) is 61.5 Å². The first-order valence-electron chi connectivity index (χ1n) is 9.93. The number of hydrogen-bond acceptors (Lipinski definition) is 7. The number of rotatable bonds is 9. The predicted molar refractivity (Wildman–Crippen MR) is 120 cm³/mol. The fourth-order valence-corrected chi connectivity index (χ4v) is 3.17. The predicted octanol–water partition coefficient (Wildman–Crippen LogP) is 3.08. The molecule has 1 heterocycles. The van der Waals surface area contributed by atoms with Crippen molar-refractivity contribution in [2.75, 3.05) is 33.9 Å². The van der Waals surface area contributed by atoms with E-state index in [2.05, 4.69) is 9.46 Å². The van der Waals surface area contributed by atoms with Crippen LogP contribution in [-0.4, -0.2) is 62.9 Å². The molecule has 0 unspecified atom stereocenters. The lowest BCUT2D eigenvalue weighted by atomic mass is 10.1. The van der Waals surface area contributed by atoms with Crippen LogP contribution in [0.3, 0.4) is 0 Å². The average molecular weight is 457 g/mol. The molecule has 0 atom stereocenters. The standard InChI is InChI=1S/C22H24N4O5S/c1-4-25(2)22(27)20-15-21(26(24-20)17-7-11-18(30-3)12-8-17)16-5-9-19(10-6-16)31-14-13-23-32(28)29/h5-12,15H,4,13-14H2,1-3H3. The Morgan fingerprint density at radius 2 is 1.75 bits per heavy atom. The molecule has 0 spiro atoms. The molecular weight excluding hydrogens is 432 g/mol. The smallest absolute Gasteiger partial charge is 0.311 e. The fourth-order valence-electron chi connectivity index (χ4n) is 2.95. The Labute approximate surface area is 187 Å². The molecule has 0 radical (unpaired) electrons. The largest absolute Gasteiger partial charge is 0.497 e. The van der Waals surface area contributed by atoms with Gasteiger partial charge in [-0.15, -0.1) is 0 Å². The normalized spacial score (nSPS) is 10.5. The minimum absolute atomic E-state index is 0.0541. The number of aromatic nitrogens is 2. The number of ether oxygens (including phenoxy) is 2. The Hall–Kier alpha value is -3.66. The molecule has 0 saturated heterocycles. The monoisotopic (exact) mass is 456 g/mol. The van der Waals surface area contributed by atoms with Crippen LogP contribution in [0.5, 0.6) is 11.5 Å². The molecule has 32 heavy (non-hydrogen) atoms. The lowest BCUT2D eigenvalue weighted by Gasteiger charge is -2.12. The van der Waals surface area contributed by atoms with Gasteiger partial charge in [-0.1, -0.05) is 0 Å². The van der Waals surface area contributed by atoms with Crippen LogP contribution in [0.15, 0.2) is 59.0 Å². The van der Waals surface area contributed by atoms with E-state index < -0.39 is 10.5 Å². The van der Waals surface area contributed by atoms with Crippen LogP contribution in [-0.2, 0) is 10.5 Å². The van der Waals surface area contributed by atoms with Gasteiger partial charge < -0.3 is 14.4 Å². The van der Waals surface area contributed by atoms with Gasteiger partial charge >= 0.3 is 10.5 Å². The summed E-state index contributed by atoms with van der Waals surface area (Å²) in [5.41, 5.74) is 2.70. The minimum Gasteiger partial charge on any atom is -0.497 e. The van der Waals surface area contributed by atoms with Gasteiger partial charge in [0.1, 0.15) is 18.1 Å². The maximum absolute atomic E-state index is 12.7. The van der Waals surface area contributed by atoms with E-state index in [-0.39, 0.29) is 19.1 Å². The first-order chi connectivity index (χ1) is 15.4. The Kier molecular flexibility index (Phi) is 7.61. The number of amides is 1. The molecular formula is C22H24N4O5S. The molecule has 0 N–H and O–H groups in total. The number of benzene rings is 2. The summed E-state index contributed by atoms with van der Waals surface area (Å²) in [4.78, 5) is 14.3. The zero-order valence-corrected chi connectivity index (χ0v) is 18.9. The summed E-state index contributed by atoms with van der Waals surface area (Å²) >= 11 is 0. The quantitative estimate of drug-likeness (QED) is 0.459. The molecule has 1 aromatic heterocycles. The van der Waals surface area contributed by atoms with Crippen LogP contribution < -0.4 is 9.47 Å². The summed E-state index contributed by atoms with van der Waals surface area (Å²) in [5, 5.41) is 4.56. The molecule has 1 amide bonds. The van der Waals surface area contributed by atoms with Crippen molar-refractivity contribution in [2.24, 2.45) is 4.36 Å². The van der Waals surface area contributed by atoms with Gasteiger partial charge in [0.15, 0.2) is 5.69 Å². The summed E-state index contributed by atoms with van der Waals surface area (Å²) < 4.78 is 36.7. The second-order valence-electron chi connectivity index (χ2n) is 6.79. The SMILES string of the molecule is CCN(C)C(=O)c1cc(-c2ccc(OCCN=S(=O)=O)cc2)n(-c2ccc(OC)cc2)n1. The molecule has 9 nitrogen and oxygen atoms in total. The van der Waals surface area contributed by atoms with Crippen LogP contribution in [0.25, 0.3) is 16.9 Å². The Morgan fingerprint density at radius 1 is 1.09 bits per heavy atom. The molecule has 0 aliphatic heterocycles. The highest BCUT2D eigenvalue weighted by atomic mass is 32.2. The van der Waals surface area contributed by atoms with Gasteiger partial charge in [-0.25, -0.2) is 4.68 Å². The second-order valence-corrected chi connectivity index (χ2v) is 7.48. The van der Waals surface area contributed by atoms with E-state index in [0.29, 0.717) is 18.0 Å². The topological polar surface area (TPSA) is 103 Å². The third-order valence-corrected chi connectivity index (χ3v) is 5.17. The summed E-state index contributed by atoms with van der Waals surface area (Å²) in [7, 11) is 0.897. The van der Waals surface area contributed by atoms with E-state index in [1.165, 1.54) is 0 Å². The molecule has 10 heteroatoms. The number of carbonyl (C=O) groups is 1. The lowest BCUT2D eigenvalue weighted by Crippen LogP contribution is -2.26. The van der Waals surface area contributed by atoms with Gasteiger partial charge in [0.05, 0.1) is 25.0 Å². The maximum Gasteiger partial charge on any atom is 0.311 e. The summed E-state index contributed by atoms with van der Waals surface area (Å²) in [5.74, 6) is 1.14. The van der Waals surface area contributed by atoms with Gasteiger partial charge in [0, 0.05) is 19.2 Å². The molecule has 0 fully saturated rings. The first-order valence-corrected chi connectivity index (χ1v) is 11.0. The van der Waals surface area contributed by atoms with Gasteiger partial charge in [-0.3, -0.25) is 4.79 Å². The van der Waals surface area contributed by atoms with Gasteiger partial charge in [-0.2, -0.15) is 17.9 Å². The van der Waals surface area contributed by atoms with Crippen molar-refractivity contribution in [2.45, 2.75) is 6.92 Å². The second kappa shape index (κ2) is 10.6. The van der Waals surface area contributed by atoms with Crippen LogP contribution in [0.4, 0.5) is 0 Å². The highest BCUT2D eigenvalue weighted by molar-refractivity contribution is 7.61. The van der Waals surface area contributed by atoms with Crippen molar-refractivity contribution in [3.63, 3.8) is 0 Å². The van der Waals surface area contributed by atoms with E-state index in [4.69, 9.17) is 9.47 Å². The highest BCUT2D eigenvalue weighted by Gasteiger charge is 2.19. The minimum atomic E-state index is -2.43. The zero-order chi connectivity index (χ0) is 23.1. The van der Waals surface area contributed by atoms with Crippen molar-refractivity contribution in [3.05, 3.63) is 60.3 Å². The third kappa shape index (κ3) is 5.52. The highest BCUT2D eigenvalue weighted by Crippen LogP contribution is 2.27. The van der Waals surface area contributed by atoms with Crippen LogP contribution in [0, 0.1) is 0 Å². The molecule has 0 aliphatic rings. The number of methoxy groups -OCH3 is 1. The molecule has 0 aliphatic carbocycles. The molecule has 2 aromatic carbocycles. The third-order valence-electron chi connectivity index (χ3n) is 4.77. The Bertz CT molecular complexity index is 1190. The number of hydrogen-bond donors (Lipinski definition) is 0. The maximum atomic E-state index is 12.7. The molecule has 3 aromatic rings. The Balaban J connectivity index is 1.93. The Morgan fingerprint density at radius 3 is 2.34 bits per heavy atom. The van der Waals surface area contributed by atoms with Crippen molar-refractivity contribution in [3.8, 4) is 28.4 Å². The van der Waals surface area contributed by atoms with Crippen molar-refractivity contribution in [1.82, 2.24) is 14.7 Å². The summed E-state index contributed by atoms with van der Waals surface area (Å²) in [6.07, 6.45) is 0. The number of nitrogens with zero attached hydrogens (tertiary/aromatic N) is 4. The first kappa shape index (κ1) is 23.0. The average Bonchev–Trinajstić information content (AvgIpc) is 3.26. The van der Waals surface area contributed by atoms with Crippen molar-refractivity contribution >= 4 is 16.4 Å². The van der Waals surface area contributed by atoms with E-state index in [9.17, 15) is 13.2 Å². The fraction of sp³-hybridized carbons (Fsp3) is 0.273. The zero-order valence-electron chi connectivity index (χ0n) is 18.1. The molecule has 0 saturated carbocycles. The van der Waals surface area contributed by atoms with Gasteiger partial charge in [0.2, 0.25) is 0 Å². The molecule has 0 bridgehead atoms. The van der Waals surface area contributed by atoms with Crippen LogP contribution >= 0.6 is 0 Å². The summed E-state index contributed by atoms with van der Waals surface area (Å²) in [6, 6.07) is 16.4. The summed E-state index contributed by atoms with van der Waals surface area (Å²) in [6.45, 7) is 2.68. The van der Waals surface area contributed by atoms with Crippen molar-refractivity contribution in [1.29, 1.82) is 0 Å². The van der Waals surface area contributed by atoms with Gasteiger partial charge in [0.25, 0.3) is 5.91 Å². The van der Waals surface area contributed by atoms with E-state index in [0.717, 1.165) is 22.7 Å². The van der Waals surface area contributed by atoms with E-state index >= 15 is 0 Å². The van der Waals surface area contributed by atoms with Crippen molar-refractivity contribution < 1.29 is 22.7 Å². The lowest BCUT2D eigenvalue weighted by molar-refractivity contribution is 0.0796. The molecule has 3 rings (SSSR count). The van der Waals surface area contributed by atoms with E-state index in [1.807, 2.05) is 43.3 Å². The number of carbonyl (C=O) groups excluding carboxylic acids is 1. The molecule has 168 valence electrons. The van der Waals surface area contributed by atoms with Crippen LogP contribution in [0.1, 0.15) is 17.4 Å². The van der Waals surface area contributed by atoms with E-state index in [1.54, 1.807) is 41.9 Å².